The van der Waals surface area contributed by atoms with Crippen molar-refractivity contribution in [2.24, 2.45) is 0 Å². The summed E-state index contributed by atoms with van der Waals surface area (Å²) in [7, 11) is 14.9. The van der Waals surface area contributed by atoms with E-state index in [1.54, 1.807) is 0 Å². The fourth-order valence-corrected chi connectivity index (χ4v) is 0. The second-order valence-electron chi connectivity index (χ2n) is 0.162. The summed E-state index contributed by atoms with van der Waals surface area (Å²) in [6.45, 7) is 0. The molecule has 0 saturated carbocycles. The Labute approximate surface area is 42.1 Å². The maximum absolute atomic E-state index is 4.96. The van der Waals surface area contributed by atoms with E-state index in [4.69, 9.17) is 29.1 Å². The molecule has 0 bridgehead atoms. The summed E-state index contributed by atoms with van der Waals surface area (Å²) in [5.74, 6) is 0. The molecule has 0 heterocycles. The molecular formula is HCl3Ru. The molecule has 0 aromatic carbocycles. The van der Waals surface area contributed by atoms with E-state index < -0.39 is 13.0 Å². The molecule has 30 valence electrons. The minimum absolute atomic E-state index is 1.85. The Hall–Kier alpha value is 1.49. The van der Waals surface area contributed by atoms with Crippen molar-refractivity contribution in [3.8, 4) is 0 Å². The molecule has 0 amide bonds. The average molecular weight is 208 g/mol. The van der Waals surface area contributed by atoms with Gasteiger partial charge in [0, 0.05) is 0 Å². The van der Waals surface area contributed by atoms with Crippen LogP contribution in [0.3, 0.4) is 0 Å². The first-order valence-electron chi connectivity index (χ1n) is 0.429. The van der Waals surface area contributed by atoms with E-state index in [9.17, 15) is 0 Å². The maximum atomic E-state index is 4.96. The van der Waals surface area contributed by atoms with Crippen LogP contribution in [0.25, 0.3) is 0 Å². The summed E-state index contributed by atoms with van der Waals surface area (Å²) in [4.78, 5) is 0. The van der Waals surface area contributed by atoms with Crippen LogP contribution in [-0.4, -0.2) is 0 Å². The third-order valence-electron chi connectivity index (χ3n) is 0. The predicted molar refractivity (Wildman–Crippen MR) is 19.0 cm³/mol. The zero-order chi connectivity index (χ0) is 3.58. The van der Waals surface area contributed by atoms with Crippen LogP contribution in [0.15, 0.2) is 0 Å². The quantitative estimate of drug-likeness (QED) is 0.533. The summed E-state index contributed by atoms with van der Waals surface area (Å²) in [5, 5.41) is 0. The summed E-state index contributed by atoms with van der Waals surface area (Å²) in [5.41, 5.74) is 0. The Balaban J connectivity index is 2.32. The predicted octanol–water partition coefficient (Wildman–Crippen LogP) is 1.80. The molecule has 0 rings (SSSR count). The van der Waals surface area contributed by atoms with Gasteiger partial charge < -0.3 is 0 Å². The SMILES string of the molecule is [Cl][RuH]([Cl])[Cl]. The molecule has 0 aliphatic heterocycles. The van der Waals surface area contributed by atoms with Crippen LogP contribution in [0, 0.1) is 0 Å². The number of hydrogen-bond donors (Lipinski definition) is 0. The molecule has 0 aromatic rings. The summed E-state index contributed by atoms with van der Waals surface area (Å²) in [6, 6.07) is 0. The second-order valence-corrected chi connectivity index (χ2v) is 8.62. The first-order chi connectivity index (χ1) is 1.73. The van der Waals surface area contributed by atoms with E-state index in [2.05, 4.69) is 0 Å². The van der Waals surface area contributed by atoms with Gasteiger partial charge in [0.2, 0.25) is 0 Å². The van der Waals surface area contributed by atoms with Gasteiger partial charge in [-0.05, 0) is 0 Å². The van der Waals surface area contributed by atoms with E-state index in [1.165, 1.54) is 0 Å². The van der Waals surface area contributed by atoms with Gasteiger partial charge in [-0.25, -0.2) is 0 Å². The molecule has 0 fully saturated rings. The van der Waals surface area contributed by atoms with Crippen molar-refractivity contribution >= 4 is 29.1 Å². The zero-order valence-corrected chi connectivity index (χ0v) is 5.64. The van der Waals surface area contributed by atoms with Crippen LogP contribution >= 0.6 is 29.1 Å². The monoisotopic (exact) mass is 208 g/mol. The molecule has 0 radical (unpaired) electrons. The van der Waals surface area contributed by atoms with Crippen LogP contribution in [0.5, 0.6) is 0 Å². The van der Waals surface area contributed by atoms with E-state index in [0.29, 0.717) is 0 Å². The van der Waals surface area contributed by atoms with Crippen LogP contribution in [0.1, 0.15) is 0 Å². The number of rotatable bonds is 0. The van der Waals surface area contributed by atoms with Gasteiger partial charge >= 0.3 is 42.1 Å². The molecule has 0 N–H and O–H groups in total. The Morgan fingerprint density at radius 3 is 1.00 bits per heavy atom. The topological polar surface area (TPSA) is 0 Å². The van der Waals surface area contributed by atoms with E-state index in [0.717, 1.165) is 0 Å². The van der Waals surface area contributed by atoms with Gasteiger partial charge in [-0.1, -0.05) is 0 Å². The number of hydrogen-bond acceptors (Lipinski definition) is 0. The van der Waals surface area contributed by atoms with E-state index in [-0.39, 0.29) is 0 Å². The molecule has 0 aliphatic carbocycles. The molecule has 0 aromatic heterocycles. The fraction of sp³-hybridized carbons (Fsp3) is 0. The van der Waals surface area contributed by atoms with Gasteiger partial charge in [0.05, 0.1) is 0 Å². The van der Waals surface area contributed by atoms with E-state index >= 15 is 0 Å². The second kappa shape index (κ2) is 2.72. The zero-order valence-electron chi connectivity index (χ0n) is 1.51. The Bertz CT molecular complexity index is 8.00. The first kappa shape index (κ1) is 5.49. The van der Waals surface area contributed by atoms with Gasteiger partial charge in [0.1, 0.15) is 0 Å². The Morgan fingerprint density at radius 2 is 1.00 bits per heavy atom. The molecular weight excluding hydrogens is 207 g/mol. The van der Waals surface area contributed by atoms with Crippen molar-refractivity contribution in [1.29, 1.82) is 0 Å². The molecule has 0 aliphatic rings. The van der Waals surface area contributed by atoms with Gasteiger partial charge in [-0.2, -0.15) is 0 Å². The molecule has 0 spiro atoms. The van der Waals surface area contributed by atoms with Crippen molar-refractivity contribution < 1.29 is 13.0 Å². The molecule has 4 heteroatoms. The summed E-state index contributed by atoms with van der Waals surface area (Å²) >= 11 is -1.85. The van der Waals surface area contributed by atoms with Crippen molar-refractivity contribution in [2.45, 2.75) is 0 Å². The van der Waals surface area contributed by atoms with Crippen LogP contribution in [0.2, 0.25) is 0 Å². The normalized spacial score (nSPS) is 11.2. The van der Waals surface area contributed by atoms with Gasteiger partial charge in [0.25, 0.3) is 0 Å². The van der Waals surface area contributed by atoms with Crippen molar-refractivity contribution in [3.05, 3.63) is 0 Å². The molecule has 0 saturated heterocycles. The molecule has 0 atom stereocenters. The Morgan fingerprint density at radius 1 is 1.00 bits per heavy atom. The van der Waals surface area contributed by atoms with Gasteiger partial charge in [-0.15, -0.1) is 0 Å². The number of halogens is 3. The van der Waals surface area contributed by atoms with Crippen LogP contribution in [0.4, 0.5) is 0 Å². The third kappa shape index (κ3) is 9.74. The molecule has 0 nitrogen and oxygen atoms in total. The molecule has 0 unspecified atom stereocenters. The van der Waals surface area contributed by atoms with Crippen molar-refractivity contribution in [3.63, 3.8) is 0 Å². The van der Waals surface area contributed by atoms with Gasteiger partial charge in [0.15, 0.2) is 0 Å². The third-order valence-corrected chi connectivity index (χ3v) is 0. The molecule has 4 heavy (non-hydrogen) atoms. The Kier molecular flexibility index (Phi) is 3.73. The standard InChI is InChI=1S/3ClH.Ru.H/h3*1H;;/q;;;+3;/p-3. The minimum atomic E-state index is -1.85. The van der Waals surface area contributed by atoms with E-state index in [1.807, 2.05) is 0 Å². The summed E-state index contributed by atoms with van der Waals surface area (Å²) < 4.78 is 0. The van der Waals surface area contributed by atoms with Gasteiger partial charge in [-0.3, -0.25) is 0 Å². The van der Waals surface area contributed by atoms with Crippen LogP contribution in [-0.2, 0) is 13.0 Å². The summed E-state index contributed by atoms with van der Waals surface area (Å²) in [6.07, 6.45) is 0. The fourth-order valence-electron chi connectivity index (χ4n) is 0. The van der Waals surface area contributed by atoms with Crippen LogP contribution < -0.4 is 0 Å². The van der Waals surface area contributed by atoms with Crippen molar-refractivity contribution in [1.82, 2.24) is 0 Å². The first-order valence-corrected chi connectivity index (χ1v) is 7.61. The average Bonchev–Trinajstić information content (AvgIpc) is 0.811. The van der Waals surface area contributed by atoms with Crippen molar-refractivity contribution in [2.75, 3.05) is 0 Å².